The third kappa shape index (κ3) is 3.28. The SMILES string of the molecule is CN(CCN1[C@H]2CCC[C@]1(C(N)=O)CC2)C1CCS(=O)(=O)CC1. The van der Waals surface area contributed by atoms with Crippen LogP contribution in [0.15, 0.2) is 0 Å². The predicted octanol–water partition coefficient (Wildman–Crippen LogP) is 0.368. The van der Waals surface area contributed by atoms with Crippen LogP contribution >= 0.6 is 0 Å². The molecule has 3 aliphatic rings. The van der Waals surface area contributed by atoms with E-state index < -0.39 is 15.4 Å². The van der Waals surface area contributed by atoms with E-state index in [2.05, 4.69) is 16.8 Å². The van der Waals surface area contributed by atoms with Gasteiger partial charge in [-0.05, 0) is 52.0 Å². The van der Waals surface area contributed by atoms with Crippen molar-refractivity contribution in [1.82, 2.24) is 9.80 Å². The third-order valence-corrected chi connectivity index (χ3v) is 8.02. The van der Waals surface area contributed by atoms with Gasteiger partial charge in [0.15, 0.2) is 0 Å². The van der Waals surface area contributed by atoms with Crippen LogP contribution in [0.5, 0.6) is 0 Å². The maximum Gasteiger partial charge on any atom is 0.237 e. The van der Waals surface area contributed by atoms with Crippen molar-refractivity contribution in [2.24, 2.45) is 5.73 Å². The molecule has 132 valence electrons. The Kier molecular flexibility index (Phi) is 4.73. The van der Waals surface area contributed by atoms with Crippen LogP contribution in [0, 0.1) is 0 Å². The normalized spacial score (nSPS) is 34.8. The first kappa shape index (κ1) is 17.2. The third-order valence-electron chi connectivity index (χ3n) is 6.31. The lowest BCUT2D eigenvalue weighted by atomic mass is 9.87. The lowest BCUT2D eigenvalue weighted by Crippen LogP contribution is -2.59. The zero-order valence-corrected chi connectivity index (χ0v) is 14.9. The first-order valence-corrected chi connectivity index (χ1v) is 10.6. The highest BCUT2D eigenvalue weighted by atomic mass is 32.2. The van der Waals surface area contributed by atoms with Gasteiger partial charge in [-0.1, -0.05) is 0 Å². The Labute approximate surface area is 139 Å². The summed E-state index contributed by atoms with van der Waals surface area (Å²) < 4.78 is 23.1. The summed E-state index contributed by atoms with van der Waals surface area (Å²) in [5.74, 6) is 0.449. The number of amides is 1. The summed E-state index contributed by atoms with van der Waals surface area (Å²) in [7, 11) is -0.737. The van der Waals surface area contributed by atoms with Gasteiger partial charge in [-0.25, -0.2) is 8.42 Å². The minimum atomic E-state index is -2.81. The summed E-state index contributed by atoms with van der Waals surface area (Å²) in [5.41, 5.74) is 5.33. The number of sulfone groups is 1. The molecule has 0 aromatic heterocycles. The van der Waals surface area contributed by atoms with Gasteiger partial charge < -0.3 is 10.6 Å². The molecule has 3 fully saturated rings. The molecular formula is C16H29N3O3S. The molecule has 2 N–H and O–H groups in total. The summed E-state index contributed by atoms with van der Waals surface area (Å²) in [4.78, 5) is 16.7. The Morgan fingerprint density at radius 3 is 2.57 bits per heavy atom. The Balaban J connectivity index is 1.58. The van der Waals surface area contributed by atoms with E-state index in [0.717, 1.165) is 51.6 Å². The number of piperidine rings is 1. The quantitative estimate of drug-likeness (QED) is 0.780. The molecule has 0 radical (unpaired) electrons. The van der Waals surface area contributed by atoms with E-state index in [1.165, 1.54) is 6.42 Å². The van der Waals surface area contributed by atoms with Gasteiger partial charge in [0.25, 0.3) is 0 Å². The van der Waals surface area contributed by atoms with Gasteiger partial charge in [-0.3, -0.25) is 9.69 Å². The average Bonchev–Trinajstić information content (AvgIpc) is 2.70. The van der Waals surface area contributed by atoms with E-state index >= 15 is 0 Å². The number of carbonyl (C=O) groups excluding carboxylic acids is 1. The molecule has 0 spiro atoms. The van der Waals surface area contributed by atoms with E-state index in [1.54, 1.807) is 0 Å². The maximum absolute atomic E-state index is 12.1. The molecule has 0 aliphatic carbocycles. The van der Waals surface area contributed by atoms with Gasteiger partial charge in [-0.15, -0.1) is 0 Å². The van der Waals surface area contributed by atoms with Crippen LogP contribution in [0.25, 0.3) is 0 Å². The summed E-state index contributed by atoms with van der Waals surface area (Å²) >= 11 is 0. The van der Waals surface area contributed by atoms with E-state index in [1.807, 2.05) is 0 Å². The van der Waals surface area contributed by atoms with Crippen molar-refractivity contribution in [2.75, 3.05) is 31.6 Å². The molecule has 0 saturated carbocycles. The van der Waals surface area contributed by atoms with E-state index in [-0.39, 0.29) is 5.91 Å². The summed E-state index contributed by atoms with van der Waals surface area (Å²) in [6, 6.07) is 0.835. The highest BCUT2D eigenvalue weighted by molar-refractivity contribution is 7.91. The number of primary amides is 1. The first-order chi connectivity index (χ1) is 10.8. The van der Waals surface area contributed by atoms with E-state index in [9.17, 15) is 13.2 Å². The van der Waals surface area contributed by atoms with Crippen LogP contribution in [0.2, 0.25) is 0 Å². The topological polar surface area (TPSA) is 83.7 Å². The molecule has 3 aliphatic heterocycles. The smallest absolute Gasteiger partial charge is 0.237 e. The number of nitrogens with zero attached hydrogens (tertiary/aromatic N) is 2. The summed E-state index contributed by atoms with van der Waals surface area (Å²) in [6.45, 7) is 1.73. The molecule has 2 atom stereocenters. The second-order valence-corrected chi connectivity index (χ2v) is 9.84. The van der Waals surface area contributed by atoms with Crippen molar-refractivity contribution in [3.8, 4) is 0 Å². The predicted molar refractivity (Wildman–Crippen MR) is 89.8 cm³/mol. The minimum Gasteiger partial charge on any atom is -0.368 e. The van der Waals surface area contributed by atoms with Crippen molar-refractivity contribution in [3.63, 3.8) is 0 Å². The van der Waals surface area contributed by atoms with Crippen molar-refractivity contribution < 1.29 is 13.2 Å². The van der Waals surface area contributed by atoms with Gasteiger partial charge in [0.2, 0.25) is 5.91 Å². The monoisotopic (exact) mass is 343 g/mol. The highest BCUT2D eigenvalue weighted by Gasteiger charge is 2.52. The second-order valence-electron chi connectivity index (χ2n) is 7.54. The number of rotatable bonds is 5. The van der Waals surface area contributed by atoms with Gasteiger partial charge in [0, 0.05) is 25.2 Å². The molecule has 0 unspecified atom stereocenters. The van der Waals surface area contributed by atoms with Crippen LogP contribution in [0.4, 0.5) is 0 Å². The van der Waals surface area contributed by atoms with Gasteiger partial charge in [0.1, 0.15) is 15.4 Å². The summed E-state index contributed by atoms with van der Waals surface area (Å²) in [5, 5.41) is 0. The van der Waals surface area contributed by atoms with Gasteiger partial charge in [0.05, 0.1) is 11.5 Å². The number of carbonyl (C=O) groups is 1. The van der Waals surface area contributed by atoms with E-state index in [0.29, 0.717) is 23.6 Å². The molecule has 7 heteroatoms. The molecular weight excluding hydrogens is 314 g/mol. The Hall–Kier alpha value is -0.660. The minimum absolute atomic E-state index is 0.161. The van der Waals surface area contributed by atoms with Gasteiger partial charge >= 0.3 is 0 Å². The average molecular weight is 343 g/mol. The standard InChI is InChI=1S/C16H29N3O3S/c1-18(13-5-11-23(21,22)12-6-13)9-10-19-14-3-2-7-16(19,8-4-14)15(17)20/h13-14H,2-12H2,1H3,(H2,17,20)/t14-,16+/m0/s1. The Morgan fingerprint density at radius 1 is 1.22 bits per heavy atom. The van der Waals surface area contributed by atoms with Crippen LogP contribution in [0.3, 0.4) is 0 Å². The van der Waals surface area contributed by atoms with Crippen LogP contribution < -0.4 is 5.73 Å². The van der Waals surface area contributed by atoms with E-state index in [4.69, 9.17) is 5.73 Å². The zero-order chi connectivity index (χ0) is 16.7. The molecule has 3 rings (SSSR count). The fraction of sp³-hybridized carbons (Fsp3) is 0.938. The maximum atomic E-state index is 12.1. The Bertz CT molecular complexity index is 547. The molecule has 2 bridgehead atoms. The summed E-state index contributed by atoms with van der Waals surface area (Å²) in [6.07, 6.45) is 6.59. The molecule has 3 saturated heterocycles. The highest BCUT2D eigenvalue weighted by Crippen LogP contribution is 2.43. The number of likely N-dealkylation sites (N-methyl/N-ethyl adjacent to an activating group) is 1. The van der Waals surface area contributed by atoms with Gasteiger partial charge in [-0.2, -0.15) is 0 Å². The number of hydrogen-bond donors (Lipinski definition) is 1. The Morgan fingerprint density at radius 2 is 1.91 bits per heavy atom. The van der Waals surface area contributed by atoms with Crippen LogP contribution in [-0.4, -0.2) is 73.4 Å². The van der Waals surface area contributed by atoms with Crippen molar-refractivity contribution >= 4 is 15.7 Å². The molecule has 1 amide bonds. The largest absolute Gasteiger partial charge is 0.368 e. The second kappa shape index (κ2) is 6.33. The number of nitrogens with two attached hydrogens (primary N) is 1. The lowest BCUT2D eigenvalue weighted by Gasteiger charge is -2.44. The molecule has 23 heavy (non-hydrogen) atoms. The van der Waals surface area contributed by atoms with Crippen molar-refractivity contribution in [2.45, 2.75) is 62.6 Å². The zero-order valence-electron chi connectivity index (χ0n) is 14.0. The van der Waals surface area contributed by atoms with Crippen LogP contribution in [-0.2, 0) is 14.6 Å². The molecule has 0 aromatic carbocycles. The molecule has 0 aromatic rings. The fourth-order valence-electron chi connectivity index (χ4n) is 4.80. The lowest BCUT2D eigenvalue weighted by molar-refractivity contribution is -0.131. The van der Waals surface area contributed by atoms with Crippen molar-refractivity contribution in [3.05, 3.63) is 0 Å². The van der Waals surface area contributed by atoms with Crippen molar-refractivity contribution in [1.29, 1.82) is 0 Å². The molecule has 6 nitrogen and oxygen atoms in total. The molecule has 3 heterocycles. The first-order valence-electron chi connectivity index (χ1n) is 8.81. The number of fused-ring (bicyclic) bond motifs is 2. The fourth-order valence-corrected chi connectivity index (χ4v) is 6.27. The number of hydrogen-bond acceptors (Lipinski definition) is 5. The van der Waals surface area contributed by atoms with Crippen LogP contribution in [0.1, 0.15) is 44.9 Å².